The van der Waals surface area contributed by atoms with Crippen LogP contribution in [0.15, 0.2) is 18.2 Å². The molecule has 0 saturated carbocycles. The van der Waals surface area contributed by atoms with Crippen molar-refractivity contribution in [2.45, 2.75) is 6.92 Å². The number of hydrogen-bond acceptors (Lipinski definition) is 4. The molecule has 0 aliphatic carbocycles. The van der Waals surface area contributed by atoms with Gasteiger partial charge >= 0.3 is 0 Å². The van der Waals surface area contributed by atoms with Crippen LogP contribution >= 0.6 is 11.8 Å². The molecule has 0 atom stereocenters. The number of carbonyl (C=O) groups is 1. The zero-order valence-corrected chi connectivity index (χ0v) is 12.0. The van der Waals surface area contributed by atoms with Crippen molar-refractivity contribution in [2.75, 3.05) is 37.7 Å². The lowest BCUT2D eigenvalue weighted by molar-refractivity contribution is 0.0948. The summed E-state index contributed by atoms with van der Waals surface area (Å²) in [6, 6.07) is 5.01. The molecule has 19 heavy (non-hydrogen) atoms. The first-order chi connectivity index (χ1) is 9.16. The second kappa shape index (κ2) is 6.82. The molecule has 1 aliphatic heterocycles. The lowest BCUT2D eigenvalue weighted by Crippen LogP contribution is -2.39. The van der Waals surface area contributed by atoms with Crippen molar-refractivity contribution in [2.24, 2.45) is 0 Å². The highest BCUT2D eigenvalue weighted by atomic mass is 32.2. The summed E-state index contributed by atoms with van der Waals surface area (Å²) in [6.45, 7) is 5.56. The fraction of sp³-hybridized carbons (Fsp3) is 0.500. The van der Waals surface area contributed by atoms with Gasteiger partial charge in [0.1, 0.15) is 5.75 Å². The molecule has 1 fully saturated rings. The predicted octanol–water partition coefficient (Wildman–Crippen LogP) is 1.48. The number of phenols is 1. The van der Waals surface area contributed by atoms with Crippen molar-refractivity contribution in [1.29, 1.82) is 0 Å². The van der Waals surface area contributed by atoms with Crippen molar-refractivity contribution in [1.82, 2.24) is 10.2 Å². The maximum atomic E-state index is 11.9. The van der Waals surface area contributed by atoms with Gasteiger partial charge in [-0.25, -0.2) is 0 Å². The first-order valence-electron chi connectivity index (χ1n) is 6.55. The largest absolute Gasteiger partial charge is 0.508 e. The number of aromatic hydroxyl groups is 1. The molecule has 5 heteroatoms. The lowest BCUT2D eigenvalue weighted by atomic mass is 10.1. The van der Waals surface area contributed by atoms with E-state index in [1.807, 2.05) is 18.7 Å². The Morgan fingerprint density at radius 1 is 1.42 bits per heavy atom. The average Bonchev–Trinajstić information content (AvgIpc) is 2.43. The molecule has 1 aromatic rings. The molecule has 2 rings (SSSR count). The monoisotopic (exact) mass is 280 g/mol. The first kappa shape index (κ1) is 14.2. The summed E-state index contributed by atoms with van der Waals surface area (Å²) in [5.41, 5.74) is 1.29. The Labute approximate surface area is 118 Å². The molecule has 1 aromatic carbocycles. The Bertz CT molecular complexity index is 445. The molecule has 104 valence electrons. The topological polar surface area (TPSA) is 52.6 Å². The van der Waals surface area contributed by atoms with E-state index in [-0.39, 0.29) is 11.7 Å². The molecular formula is C14H20N2O2S. The van der Waals surface area contributed by atoms with E-state index in [1.165, 1.54) is 17.6 Å². The number of thioether (sulfide) groups is 1. The van der Waals surface area contributed by atoms with Crippen molar-refractivity contribution < 1.29 is 9.90 Å². The molecule has 0 aromatic heterocycles. The number of benzene rings is 1. The van der Waals surface area contributed by atoms with Crippen LogP contribution in [0.1, 0.15) is 15.9 Å². The van der Waals surface area contributed by atoms with Gasteiger partial charge in [-0.2, -0.15) is 11.8 Å². The van der Waals surface area contributed by atoms with E-state index < -0.39 is 0 Å². The van der Waals surface area contributed by atoms with Crippen molar-refractivity contribution in [3.8, 4) is 5.75 Å². The van der Waals surface area contributed by atoms with Crippen LogP contribution in [0.25, 0.3) is 0 Å². The lowest BCUT2D eigenvalue weighted by Gasteiger charge is -2.26. The van der Waals surface area contributed by atoms with Gasteiger partial charge in [-0.05, 0) is 24.6 Å². The number of rotatable bonds is 4. The Balaban J connectivity index is 1.78. The first-order valence-corrected chi connectivity index (χ1v) is 7.70. The smallest absolute Gasteiger partial charge is 0.251 e. The normalized spacial score (nSPS) is 16.3. The van der Waals surface area contributed by atoms with Gasteiger partial charge in [0, 0.05) is 43.2 Å². The fourth-order valence-electron chi connectivity index (χ4n) is 2.01. The van der Waals surface area contributed by atoms with Gasteiger partial charge in [0.15, 0.2) is 0 Å². The highest BCUT2D eigenvalue weighted by Gasteiger charge is 2.11. The Morgan fingerprint density at radius 3 is 2.84 bits per heavy atom. The molecule has 0 spiro atoms. The molecule has 1 amide bonds. The van der Waals surface area contributed by atoms with Crippen LogP contribution in [0.2, 0.25) is 0 Å². The number of carbonyl (C=O) groups excluding carboxylic acids is 1. The number of amides is 1. The molecule has 0 radical (unpaired) electrons. The number of hydrogen-bond donors (Lipinski definition) is 2. The van der Waals surface area contributed by atoms with E-state index in [9.17, 15) is 9.90 Å². The molecule has 1 aliphatic rings. The molecule has 1 saturated heterocycles. The Hall–Kier alpha value is -1.20. The van der Waals surface area contributed by atoms with Crippen molar-refractivity contribution in [3.05, 3.63) is 29.3 Å². The molecular weight excluding hydrogens is 260 g/mol. The van der Waals surface area contributed by atoms with Gasteiger partial charge in [-0.15, -0.1) is 0 Å². The maximum absolute atomic E-state index is 11.9. The van der Waals surface area contributed by atoms with Crippen molar-refractivity contribution in [3.63, 3.8) is 0 Å². The number of aryl methyl sites for hydroxylation is 1. The molecule has 0 unspecified atom stereocenters. The van der Waals surface area contributed by atoms with Crippen LogP contribution in [-0.4, -0.2) is 53.6 Å². The van der Waals surface area contributed by atoms with E-state index in [0.717, 1.165) is 25.2 Å². The van der Waals surface area contributed by atoms with Gasteiger partial charge in [0.2, 0.25) is 0 Å². The zero-order chi connectivity index (χ0) is 13.7. The summed E-state index contributed by atoms with van der Waals surface area (Å²) in [5, 5.41) is 12.5. The van der Waals surface area contributed by atoms with Crippen LogP contribution in [0.4, 0.5) is 0 Å². The van der Waals surface area contributed by atoms with E-state index in [2.05, 4.69) is 10.2 Å². The van der Waals surface area contributed by atoms with Crippen LogP contribution in [0, 0.1) is 6.92 Å². The van der Waals surface area contributed by atoms with E-state index in [1.54, 1.807) is 12.1 Å². The summed E-state index contributed by atoms with van der Waals surface area (Å²) >= 11 is 1.98. The molecule has 1 heterocycles. The van der Waals surface area contributed by atoms with Gasteiger partial charge in [-0.1, -0.05) is 6.07 Å². The van der Waals surface area contributed by atoms with Gasteiger partial charge in [0.25, 0.3) is 5.91 Å². The van der Waals surface area contributed by atoms with Crippen LogP contribution in [0.3, 0.4) is 0 Å². The predicted molar refractivity (Wildman–Crippen MR) is 78.9 cm³/mol. The fourth-order valence-corrected chi connectivity index (χ4v) is 2.98. The third kappa shape index (κ3) is 4.14. The highest BCUT2D eigenvalue weighted by molar-refractivity contribution is 7.99. The third-order valence-electron chi connectivity index (χ3n) is 3.29. The van der Waals surface area contributed by atoms with Crippen LogP contribution < -0.4 is 5.32 Å². The maximum Gasteiger partial charge on any atom is 0.251 e. The van der Waals surface area contributed by atoms with Gasteiger partial charge < -0.3 is 10.4 Å². The zero-order valence-electron chi connectivity index (χ0n) is 11.2. The highest BCUT2D eigenvalue weighted by Crippen LogP contribution is 2.17. The van der Waals surface area contributed by atoms with Crippen LogP contribution in [-0.2, 0) is 0 Å². The minimum atomic E-state index is -0.123. The van der Waals surface area contributed by atoms with E-state index >= 15 is 0 Å². The molecule has 2 N–H and O–H groups in total. The van der Waals surface area contributed by atoms with E-state index in [4.69, 9.17) is 0 Å². The summed E-state index contributed by atoms with van der Waals surface area (Å²) in [6.07, 6.45) is 0. The van der Waals surface area contributed by atoms with Crippen LogP contribution in [0.5, 0.6) is 5.75 Å². The number of phenolic OH excluding ortho intramolecular Hbond substituents is 1. The quantitative estimate of drug-likeness (QED) is 0.877. The van der Waals surface area contributed by atoms with E-state index in [0.29, 0.717) is 12.1 Å². The van der Waals surface area contributed by atoms with Gasteiger partial charge in [-0.3, -0.25) is 9.69 Å². The third-order valence-corrected chi connectivity index (χ3v) is 4.23. The number of nitrogens with one attached hydrogen (secondary N) is 1. The Kier molecular flexibility index (Phi) is 5.10. The molecule has 4 nitrogen and oxygen atoms in total. The summed E-state index contributed by atoms with van der Waals surface area (Å²) in [5.74, 6) is 2.40. The average molecular weight is 280 g/mol. The summed E-state index contributed by atoms with van der Waals surface area (Å²) in [4.78, 5) is 14.3. The minimum Gasteiger partial charge on any atom is -0.508 e. The standard InChI is InChI=1S/C14H20N2O2S/c1-11-2-3-12(10-13(11)17)14(18)15-4-5-16-6-8-19-9-7-16/h2-3,10,17H,4-9H2,1H3,(H,15,18). The molecule has 0 bridgehead atoms. The Morgan fingerprint density at radius 2 is 2.16 bits per heavy atom. The minimum absolute atomic E-state index is 0.123. The summed E-state index contributed by atoms with van der Waals surface area (Å²) < 4.78 is 0. The van der Waals surface area contributed by atoms with Crippen molar-refractivity contribution >= 4 is 17.7 Å². The summed E-state index contributed by atoms with van der Waals surface area (Å²) in [7, 11) is 0. The SMILES string of the molecule is Cc1ccc(C(=O)NCCN2CCSCC2)cc1O. The number of nitrogens with zero attached hydrogens (tertiary/aromatic N) is 1. The van der Waals surface area contributed by atoms with Gasteiger partial charge in [0.05, 0.1) is 0 Å². The second-order valence-corrected chi connectivity index (χ2v) is 5.94. The second-order valence-electron chi connectivity index (χ2n) is 4.71.